The molecule has 4 N–H and O–H groups in total. The van der Waals surface area contributed by atoms with Crippen LogP contribution in [0.5, 0.6) is 0 Å². The predicted octanol–water partition coefficient (Wildman–Crippen LogP) is 4.45. The lowest BCUT2D eigenvalue weighted by atomic mass is 9.83. The molecule has 2 fully saturated rings. The number of piperidine rings is 2. The second kappa shape index (κ2) is 12.4. The molecule has 0 aliphatic carbocycles. The molecule has 2 saturated heterocycles. The van der Waals surface area contributed by atoms with Crippen molar-refractivity contribution in [2.45, 2.75) is 105 Å². The van der Waals surface area contributed by atoms with Gasteiger partial charge >= 0.3 is 12.2 Å². The van der Waals surface area contributed by atoms with Crippen LogP contribution in [0.2, 0.25) is 0 Å². The molecular weight excluding hydrogens is 432 g/mol. The molecule has 0 bridgehead atoms. The Morgan fingerprint density at radius 1 is 0.706 bits per heavy atom. The fourth-order valence-electron chi connectivity index (χ4n) is 4.64. The van der Waals surface area contributed by atoms with Gasteiger partial charge in [-0.1, -0.05) is 27.7 Å². The van der Waals surface area contributed by atoms with Gasteiger partial charge in [0.2, 0.25) is 0 Å². The van der Waals surface area contributed by atoms with Gasteiger partial charge in [0.15, 0.2) is 0 Å². The van der Waals surface area contributed by atoms with Crippen molar-refractivity contribution in [2.75, 3.05) is 26.2 Å². The normalized spacial score (nSPS) is 26.2. The SMILES string of the molecule is CC(C)[C@@H]1CCN(C(=O)OC(C)(C)C)C[C@H]1N.CC(C)[C@H]1CCN(C(=O)OC(C)(C)C)C[C@@H]1N. The number of likely N-dealkylation sites (tertiary alicyclic amines) is 2. The number of amides is 2. The van der Waals surface area contributed by atoms with Crippen molar-refractivity contribution >= 4 is 12.2 Å². The molecule has 0 saturated carbocycles. The van der Waals surface area contributed by atoms with Crippen LogP contribution in [-0.2, 0) is 9.47 Å². The Balaban J connectivity index is 0.000000340. The van der Waals surface area contributed by atoms with Gasteiger partial charge < -0.3 is 30.7 Å². The third kappa shape index (κ3) is 10.4. The zero-order valence-electron chi connectivity index (χ0n) is 23.4. The monoisotopic (exact) mass is 484 g/mol. The maximum atomic E-state index is 11.9. The summed E-state index contributed by atoms with van der Waals surface area (Å²) in [5.74, 6) is 2.17. The average molecular weight is 485 g/mol. The fraction of sp³-hybridized carbons (Fsp3) is 0.923. The smallest absolute Gasteiger partial charge is 0.410 e. The van der Waals surface area contributed by atoms with Gasteiger partial charge in [0, 0.05) is 38.3 Å². The molecule has 0 spiro atoms. The molecule has 2 amide bonds. The zero-order chi connectivity index (χ0) is 26.4. The third-order valence-electron chi connectivity index (χ3n) is 6.44. The Labute approximate surface area is 208 Å². The van der Waals surface area contributed by atoms with Gasteiger partial charge in [-0.15, -0.1) is 0 Å². The quantitative estimate of drug-likeness (QED) is 0.599. The molecular formula is C26H52N4O4. The topological polar surface area (TPSA) is 111 Å². The maximum Gasteiger partial charge on any atom is 0.410 e. The largest absolute Gasteiger partial charge is 0.444 e. The van der Waals surface area contributed by atoms with Crippen LogP contribution >= 0.6 is 0 Å². The van der Waals surface area contributed by atoms with Gasteiger partial charge in [0.05, 0.1) is 0 Å². The minimum atomic E-state index is -0.434. The van der Waals surface area contributed by atoms with Gasteiger partial charge in [0.1, 0.15) is 11.2 Å². The number of nitrogens with zero attached hydrogens (tertiary/aromatic N) is 2. The first-order valence-corrected chi connectivity index (χ1v) is 12.9. The van der Waals surface area contributed by atoms with E-state index in [1.54, 1.807) is 9.80 Å². The van der Waals surface area contributed by atoms with Crippen LogP contribution in [0.4, 0.5) is 9.59 Å². The van der Waals surface area contributed by atoms with Crippen molar-refractivity contribution in [2.24, 2.45) is 35.1 Å². The van der Waals surface area contributed by atoms with Crippen molar-refractivity contribution < 1.29 is 19.1 Å². The van der Waals surface area contributed by atoms with Crippen molar-refractivity contribution in [3.8, 4) is 0 Å². The zero-order valence-corrected chi connectivity index (χ0v) is 23.4. The van der Waals surface area contributed by atoms with Crippen LogP contribution in [0.25, 0.3) is 0 Å². The highest BCUT2D eigenvalue weighted by Crippen LogP contribution is 2.26. The van der Waals surface area contributed by atoms with Crippen LogP contribution in [0.1, 0.15) is 82.1 Å². The van der Waals surface area contributed by atoms with E-state index in [4.69, 9.17) is 20.9 Å². The molecule has 34 heavy (non-hydrogen) atoms. The number of hydrogen-bond donors (Lipinski definition) is 2. The second-order valence-electron chi connectivity index (χ2n) is 12.6. The molecule has 8 heteroatoms. The first-order valence-electron chi connectivity index (χ1n) is 12.9. The second-order valence-corrected chi connectivity index (χ2v) is 12.6. The summed E-state index contributed by atoms with van der Waals surface area (Å²) in [6.45, 7) is 22.8. The Kier molecular flexibility index (Phi) is 11.1. The van der Waals surface area contributed by atoms with Crippen LogP contribution in [-0.4, -0.2) is 71.5 Å². The summed E-state index contributed by atoms with van der Waals surface area (Å²) < 4.78 is 10.7. The van der Waals surface area contributed by atoms with Crippen molar-refractivity contribution in [1.82, 2.24) is 9.80 Å². The van der Waals surface area contributed by atoms with E-state index in [-0.39, 0.29) is 24.3 Å². The third-order valence-corrected chi connectivity index (χ3v) is 6.44. The van der Waals surface area contributed by atoms with Crippen LogP contribution < -0.4 is 11.5 Å². The van der Waals surface area contributed by atoms with E-state index in [9.17, 15) is 9.59 Å². The molecule has 8 nitrogen and oxygen atoms in total. The van der Waals surface area contributed by atoms with Gasteiger partial charge in [-0.2, -0.15) is 0 Å². The van der Waals surface area contributed by atoms with Crippen molar-refractivity contribution in [3.63, 3.8) is 0 Å². The lowest BCUT2D eigenvalue weighted by molar-refractivity contribution is 0.0128. The first kappa shape index (κ1) is 30.5. The standard InChI is InChI=1S/2C13H26N2O2/c2*1-9(2)10-6-7-15(8-11(10)14)12(16)17-13(3,4)5/h2*9-11H,6-8,14H2,1-5H3/t2*10-,11+/m10/s1. The molecule has 2 rings (SSSR count). The minimum absolute atomic E-state index is 0.0660. The molecule has 0 unspecified atom stereocenters. The molecule has 2 aliphatic rings. The first-order chi connectivity index (χ1) is 15.4. The Morgan fingerprint density at radius 2 is 1.00 bits per heavy atom. The predicted molar refractivity (Wildman–Crippen MR) is 137 cm³/mol. The minimum Gasteiger partial charge on any atom is -0.444 e. The molecule has 2 heterocycles. The Hall–Kier alpha value is -1.54. The lowest BCUT2D eigenvalue weighted by Gasteiger charge is -2.39. The lowest BCUT2D eigenvalue weighted by Crippen LogP contribution is -2.52. The number of rotatable bonds is 2. The van der Waals surface area contributed by atoms with E-state index in [2.05, 4.69) is 27.7 Å². The number of ether oxygens (including phenoxy) is 2. The van der Waals surface area contributed by atoms with Crippen LogP contribution in [0.15, 0.2) is 0 Å². The number of carbonyl (C=O) groups excluding carboxylic acids is 2. The number of hydrogen-bond acceptors (Lipinski definition) is 6. The van der Waals surface area contributed by atoms with Crippen LogP contribution in [0, 0.1) is 23.7 Å². The van der Waals surface area contributed by atoms with E-state index < -0.39 is 11.2 Å². The summed E-state index contributed by atoms with van der Waals surface area (Å²) in [6.07, 6.45) is 1.46. The van der Waals surface area contributed by atoms with E-state index in [0.717, 1.165) is 25.9 Å². The van der Waals surface area contributed by atoms with Crippen molar-refractivity contribution in [3.05, 3.63) is 0 Å². The molecule has 4 atom stereocenters. The van der Waals surface area contributed by atoms with Gasteiger partial charge in [-0.25, -0.2) is 9.59 Å². The number of nitrogens with two attached hydrogens (primary N) is 2. The van der Waals surface area contributed by atoms with E-state index >= 15 is 0 Å². The molecule has 0 aromatic heterocycles. The molecule has 0 aromatic rings. The summed E-state index contributed by atoms with van der Waals surface area (Å²) in [5.41, 5.74) is 11.4. The summed E-state index contributed by atoms with van der Waals surface area (Å²) in [4.78, 5) is 27.2. The summed E-state index contributed by atoms with van der Waals surface area (Å²) in [5, 5.41) is 0. The summed E-state index contributed by atoms with van der Waals surface area (Å²) in [6, 6.07) is 0.132. The molecule has 2 aliphatic heterocycles. The Morgan fingerprint density at radius 3 is 1.21 bits per heavy atom. The molecule has 0 radical (unpaired) electrons. The summed E-state index contributed by atoms with van der Waals surface area (Å²) in [7, 11) is 0. The van der Waals surface area contributed by atoms with Gasteiger partial charge in [-0.05, 0) is 78.1 Å². The maximum absolute atomic E-state index is 11.9. The van der Waals surface area contributed by atoms with E-state index in [0.29, 0.717) is 36.8 Å². The number of carbonyl (C=O) groups is 2. The highest BCUT2D eigenvalue weighted by Gasteiger charge is 2.34. The fourth-order valence-corrected chi connectivity index (χ4v) is 4.64. The van der Waals surface area contributed by atoms with Gasteiger partial charge in [0.25, 0.3) is 0 Å². The van der Waals surface area contributed by atoms with Crippen LogP contribution in [0.3, 0.4) is 0 Å². The Bertz CT molecular complexity index is 598. The van der Waals surface area contributed by atoms with E-state index in [1.807, 2.05) is 41.5 Å². The molecule has 200 valence electrons. The molecule has 0 aromatic carbocycles. The van der Waals surface area contributed by atoms with Gasteiger partial charge in [-0.3, -0.25) is 0 Å². The average Bonchev–Trinajstić information content (AvgIpc) is 2.65. The van der Waals surface area contributed by atoms with Crippen molar-refractivity contribution in [1.29, 1.82) is 0 Å². The van der Waals surface area contributed by atoms with E-state index in [1.165, 1.54) is 0 Å². The highest BCUT2D eigenvalue weighted by molar-refractivity contribution is 5.68. The highest BCUT2D eigenvalue weighted by atomic mass is 16.6. The summed E-state index contributed by atoms with van der Waals surface area (Å²) >= 11 is 0.